The number of ether oxygens (including phenoxy) is 1. The van der Waals surface area contributed by atoms with Crippen LogP contribution >= 0.6 is 11.6 Å². The third-order valence-corrected chi connectivity index (χ3v) is 2.91. The standard InChI is InChI=1S/C12H13ClN2O2/c1-15-6-5-14-12(15)11(16)8-3-4-9(13)10(7-8)17-2/h3-7,11,16H,1-2H3. The van der Waals surface area contributed by atoms with Crippen molar-refractivity contribution in [2.75, 3.05) is 7.11 Å². The van der Waals surface area contributed by atoms with Crippen LogP contribution in [0.15, 0.2) is 30.6 Å². The molecule has 0 bridgehead atoms. The molecule has 0 amide bonds. The Hall–Kier alpha value is -1.52. The topological polar surface area (TPSA) is 47.3 Å². The molecule has 0 radical (unpaired) electrons. The minimum Gasteiger partial charge on any atom is -0.495 e. The summed E-state index contributed by atoms with van der Waals surface area (Å²) >= 11 is 5.93. The van der Waals surface area contributed by atoms with E-state index in [9.17, 15) is 5.11 Å². The Labute approximate surface area is 104 Å². The van der Waals surface area contributed by atoms with Gasteiger partial charge in [-0.05, 0) is 17.7 Å². The van der Waals surface area contributed by atoms with Gasteiger partial charge in [0, 0.05) is 19.4 Å². The van der Waals surface area contributed by atoms with Crippen LogP contribution in [0.2, 0.25) is 5.02 Å². The second-order valence-electron chi connectivity index (χ2n) is 3.69. The highest BCUT2D eigenvalue weighted by Gasteiger charge is 2.16. The van der Waals surface area contributed by atoms with Crippen LogP contribution in [0, 0.1) is 0 Å². The summed E-state index contributed by atoms with van der Waals surface area (Å²) < 4.78 is 6.88. The van der Waals surface area contributed by atoms with E-state index in [1.165, 1.54) is 7.11 Å². The van der Waals surface area contributed by atoms with Gasteiger partial charge in [0.1, 0.15) is 17.7 Å². The van der Waals surface area contributed by atoms with Gasteiger partial charge in [0.2, 0.25) is 0 Å². The summed E-state index contributed by atoms with van der Waals surface area (Å²) in [5, 5.41) is 10.7. The normalized spacial score (nSPS) is 12.5. The van der Waals surface area contributed by atoms with Crippen LogP contribution in [0.25, 0.3) is 0 Å². The van der Waals surface area contributed by atoms with Crippen LogP contribution in [-0.4, -0.2) is 21.8 Å². The van der Waals surface area contributed by atoms with Gasteiger partial charge in [0.25, 0.3) is 0 Å². The molecule has 1 N–H and O–H groups in total. The highest BCUT2D eigenvalue weighted by molar-refractivity contribution is 6.32. The second kappa shape index (κ2) is 4.77. The molecule has 1 aromatic heterocycles. The summed E-state index contributed by atoms with van der Waals surface area (Å²) in [7, 11) is 3.37. The van der Waals surface area contributed by atoms with Crippen molar-refractivity contribution in [3.8, 4) is 5.75 Å². The maximum atomic E-state index is 10.2. The molecule has 0 aliphatic rings. The van der Waals surface area contributed by atoms with Gasteiger partial charge < -0.3 is 14.4 Å². The van der Waals surface area contributed by atoms with Crippen molar-refractivity contribution in [2.24, 2.45) is 7.05 Å². The van der Waals surface area contributed by atoms with E-state index in [4.69, 9.17) is 16.3 Å². The lowest BCUT2D eigenvalue weighted by Gasteiger charge is -2.12. The molecular formula is C12H13ClN2O2. The molecule has 0 spiro atoms. The highest BCUT2D eigenvalue weighted by Crippen LogP contribution is 2.29. The number of methoxy groups -OCH3 is 1. The smallest absolute Gasteiger partial charge is 0.142 e. The molecular weight excluding hydrogens is 240 g/mol. The van der Waals surface area contributed by atoms with Gasteiger partial charge in [0.15, 0.2) is 0 Å². The average Bonchev–Trinajstić information content (AvgIpc) is 2.75. The second-order valence-corrected chi connectivity index (χ2v) is 4.10. The number of imidazole rings is 1. The number of aliphatic hydroxyl groups excluding tert-OH is 1. The molecule has 0 aliphatic carbocycles. The Morgan fingerprint density at radius 1 is 1.47 bits per heavy atom. The van der Waals surface area contributed by atoms with Gasteiger partial charge in [-0.3, -0.25) is 0 Å². The van der Waals surface area contributed by atoms with Gasteiger partial charge in [-0.15, -0.1) is 0 Å². The van der Waals surface area contributed by atoms with E-state index in [1.807, 2.05) is 7.05 Å². The quantitative estimate of drug-likeness (QED) is 0.911. The third kappa shape index (κ3) is 2.28. The van der Waals surface area contributed by atoms with Gasteiger partial charge in [-0.2, -0.15) is 0 Å². The van der Waals surface area contributed by atoms with Crippen LogP contribution in [0.4, 0.5) is 0 Å². The van der Waals surface area contributed by atoms with E-state index in [0.717, 1.165) is 0 Å². The number of nitrogens with zero attached hydrogens (tertiary/aromatic N) is 2. The van der Waals surface area contributed by atoms with Crippen molar-refractivity contribution >= 4 is 11.6 Å². The molecule has 0 fully saturated rings. The van der Waals surface area contributed by atoms with Crippen LogP contribution in [0.3, 0.4) is 0 Å². The highest BCUT2D eigenvalue weighted by atomic mass is 35.5. The fraction of sp³-hybridized carbons (Fsp3) is 0.250. The number of benzene rings is 1. The third-order valence-electron chi connectivity index (χ3n) is 2.59. The Balaban J connectivity index is 2.38. The molecule has 90 valence electrons. The first-order valence-corrected chi connectivity index (χ1v) is 5.50. The SMILES string of the molecule is COc1cc(C(O)c2nccn2C)ccc1Cl. The molecule has 1 aromatic carbocycles. The lowest BCUT2D eigenvalue weighted by Crippen LogP contribution is -2.07. The molecule has 2 aromatic rings. The molecule has 0 saturated heterocycles. The molecule has 1 atom stereocenters. The number of aryl methyl sites for hydroxylation is 1. The predicted octanol–water partition coefficient (Wildman–Crippen LogP) is 2.16. The maximum Gasteiger partial charge on any atom is 0.142 e. The largest absolute Gasteiger partial charge is 0.495 e. The molecule has 1 unspecified atom stereocenters. The van der Waals surface area contributed by atoms with Gasteiger partial charge in [-0.25, -0.2) is 4.98 Å². The van der Waals surface area contributed by atoms with E-state index < -0.39 is 6.10 Å². The van der Waals surface area contributed by atoms with Crippen molar-refractivity contribution in [1.29, 1.82) is 0 Å². The van der Waals surface area contributed by atoms with Crippen LogP contribution in [-0.2, 0) is 7.05 Å². The Kier molecular flexibility index (Phi) is 3.36. The Bertz CT molecular complexity index is 525. The van der Waals surface area contributed by atoms with Crippen molar-refractivity contribution in [2.45, 2.75) is 6.10 Å². The summed E-state index contributed by atoms with van der Waals surface area (Å²) in [6.45, 7) is 0. The predicted molar refractivity (Wildman–Crippen MR) is 65.3 cm³/mol. The molecule has 0 aliphatic heterocycles. The van der Waals surface area contributed by atoms with Crippen LogP contribution < -0.4 is 4.74 Å². The first kappa shape index (κ1) is 12.0. The first-order valence-electron chi connectivity index (χ1n) is 5.12. The lowest BCUT2D eigenvalue weighted by atomic mass is 10.1. The van der Waals surface area contributed by atoms with E-state index in [0.29, 0.717) is 22.2 Å². The number of halogens is 1. The summed E-state index contributed by atoms with van der Waals surface area (Å²) in [5.41, 5.74) is 0.695. The van der Waals surface area contributed by atoms with Gasteiger partial charge >= 0.3 is 0 Å². The van der Waals surface area contributed by atoms with E-state index in [-0.39, 0.29) is 0 Å². The minimum atomic E-state index is -0.791. The molecule has 2 rings (SSSR count). The maximum absolute atomic E-state index is 10.2. The first-order chi connectivity index (χ1) is 8.13. The molecule has 0 saturated carbocycles. The van der Waals surface area contributed by atoms with Crippen molar-refractivity contribution in [3.63, 3.8) is 0 Å². The van der Waals surface area contributed by atoms with Crippen molar-refractivity contribution < 1.29 is 9.84 Å². The zero-order valence-corrected chi connectivity index (χ0v) is 10.3. The molecule has 5 heteroatoms. The Morgan fingerprint density at radius 3 is 2.82 bits per heavy atom. The average molecular weight is 253 g/mol. The monoisotopic (exact) mass is 252 g/mol. The number of hydrogen-bond acceptors (Lipinski definition) is 3. The molecule has 4 nitrogen and oxygen atoms in total. The van der Waals surface area contributed by atoms with Gasteiger partial charge in [0.05, 0.1) is 12.1 Å². The Morgan fingerprint density at radius 2 is 2.24 bits per heavy atom. The number of hydrogen-bond donors (Lipinski definition) is 1. The summed E-state index contributed by atoms with van der Waals surface area (Å²) in [6, 6.07) is 5.16. The molecule has 17 heavy (non-hydrogen) atoms. The van der Waals surface area contributed by atoms with Crippen LogP contribution in [0.5, 0.6) is 5.75 Å². The fourth-order valence-electron chi connectivity index (χ4n) is 1.64. The fourth-order valence-corrected chi connectivity index (χ4v) is 1.83. The lowest BCUT2D eigenvalue weighted by molar-refractivity contribution is 0.206. The number of aromatic nitrogens is 2. The number of rotatable bonds is 3. The minimum absolute atomic E-state index is 0.517. The van der Waals surface area contributed by atoms with Crippen molar-refractivity contribution in [1.82, 2.24) is 9.55 Å². The summed E-state index contributed by atoms with van der Waals surface area (Å²) in [6.07, 6.45) is 2.64. The van der Waals surface area contributed by atoms with E-state index >= 15 is 0 Å². The number of aliphatic hydroxyl groups is 1. The van der Waals surface area contributed by atoms with E-state index in [2.05, 4.69) is 4.98 Å². The van der Waals surface area contributed by atoms with E-state index in [1.54, 1.807) is 35.2 Å². The van der Waals surface area contributed by atoms with Crippen molar-refractivity contribution in [3.05, 3.63) is 47.0 Å². The van der Waals surface area contributed by atoms with Crippen LogP contribution in [0.1, 0.15) is 17.5 Å². The summed E-state index contributed by atoms with van der Waals surface area (Å²) in [4.78, 5) is 4.11. The zero-order chi connectivity index (χ0) is 12.4. The zero-order valence-electron chi connectivity index (χ0n) is 9.59. The summed E-state index contributed by atoms with van der Waals surface area (Å²) in [5.74, 6) is 1.12. The molecule has 1 heterocycles. The van der Waals surface area contributed by atoms with Gasteiger partial charge in [-0.1, -0.05) is 17.7 Å².